The molecule has 0 saturated carbocycles. The molecule has 2 N–H and O–H groups in total. The van der Waals surface area contributed by atoms with Crippen LogP contribution < -0.4 is 10.6 Å². The first-order chi connectivity index (χ1) is 11.2. The highest BCUT2D eigenvalue weighted by Crippen LogP contribution is 2.02. The molecule has 130 valence electrons. The van der Waals surface area contributed by atoms with Gasteiger partial charge >= 0.3 is 0 Å². The summed E-state index contributed by atoms with van der Waals surface area (Å²) in [5.41, 5.74) is 1.21. The Morgan fingerprint density at radius 2 is 2.00 bits per heavy atom. The third kappa shape index (κ3) is 9.21. The second-order valence-corrected chi connectivity index (χ2v) is 5.88. The number of likely N-dealkylation sites (N-methyl/N-ethyl adjacent to an activating group) is 1. The average Bonchev–Trinajstić information content (AvgIpc) is 2.58. The molecule has 0 aliphatic rings. The van der Waals surface area contributed by atoms with Crippen molar-refractivity contribution in [1.82, 2.24) is 15.5 Å². The van der Waals surface area contributed by atoms with Gasteiger partial charge in [0.25, 0.3) is 0 Å². The smallest absolute Gasteiger partial charge is 0.191 e. The summed E-state index contributed by atoms with van der Waals surface area (Å²) in [7, 11) is 3.92. The normalized spacial score (nSPS) is 13.2. The minimum atomic E-state index is 0.426. The van der Waals surface area contributed by atoms with Crippen LogP contribution in [0.15, 0.2) is 35.3 Å². The Morgan fingerprint density at radius 1 is 1.26 bits per heavy atom. The van der Waals surface area contributed by atoms with E-state index < -0.39 is 0 Å². The van der Waals surface area contributed by atoms with Crippen LogP contribution in [0, 0.1) is 5.92 Å². The van der Waals surface area contributed by atoms with E-state index in [1.54, 1.807) is 7.05 Å². The first-order valence-electron chi connectivity index (χ1n) is 8.40. The third-order valence-corrected chi connectivity index (χ3v) is 3.68. The molecule has 0 aliphatic heterocycles. The van der Waals surface area contributed by atoms with E-state index in [1.165, 1.54) is 5.56 Å². The van der Waals surface area contributed by atoms with Crippen LogP contribution in [0.4, 0.5) is 0 Å². The van der Waals surface area contributed by atoms with Gasteiger partial charge in [-0.1, -0.05) is 44.2 Å². The summed E-state index contributed by atoms with van der Waals surface area (Å²) in [5.74, 6) is 1.28. The minimum Gasteiger partial charge on any atom is -0.376 e. The van der Waals surface area contributed by atoms with Gasteiger partial charge in [0.15, 0.2) is 5.96 Å². The van der Waals surface area contributed by atoms with Gasteiger partial charge in [0, 0.05) is 26.7 Å². The lowest BCUT2D eigenvalue weighted by Crippen LogP contribution is -2.42. The first kappa shape index (κ1) is 19.5. The summed E-state index contributed by atoms with van der Waals surface area (Å²) in [4.78, 5) is 6.51. The number of rotatable bonds is 10. The van der Waals surface area contributed by atoms with E-state index in [2.05, 4.69) is 53.6 Å². The van der Waals surface area contributed by atoms with Crippen molar-refractivity contribution in [3.05, 3.63) is 35.9 Å². The molecule has 0 fully saturated rings. The quantitative estimate of drug-likeness (QED) is 0.511. The fourth-order valence-corrected chi connectivity index (χ4v) is 2.03. The lowest BCUT2D eigenvalue weighted by Gasteiger charge is -2.18. The molecule has 1 unspecified atom stereocenters. The molecule has 0 spiro atoms. The van der Waals surface area contributed by atoms with Gasteiger partial charge in [0.05, 0.1) is 13.2 Å². The van der Waals surface area contributed by atoms with Crippen molar-refractivity contribution < 1.29 is 4.74 Å². The highest BCUT2D eigenvalue weighted by Gasteiger charge is 2.05. The zero-order valence-corrected chi connectivity index (χ0v) is 15.0. The number of aliphatic imine (C=N–C) groups is 1. The van der Waals surface area contributed by atoms with Crippen LogP contribution >= 0.6 is 0 Å². The number of guanidine groups is 1. The fourth-order valence-electron chi connectivity index (χ4n) is 2.03. The molecule has 0 aliphatic carbocycles. The van der Waals surface area contributed by atoms with Crippen LogP contribution in [0.1, 0.15) is 19.4 Å². The van der Waals surface area contributed by atoms with Gasteiger partial charge < -0.3 is 20.3 Å². The lowest BCUT2D eigenvalue weighted by molar-refractivity contribution is 0.0931. The van der Waals surface area contributed by atoms with E-state index in [4.69, 9.17) is 4.74 Å². The Labute approximate surface area is 141 Å². The van der Waals surface area contributed by atoms with Crippen molar-refractivity contribution in [3.8, 4) is 0 Å². The molecule has 0 heterocycles. The number of hydrogen-bond acceptors (Lipinski definition) is 3. The summed E-state index contributed by atoms with van der Waals surface area (Å²) < 4.78 is 5.77. The van der Waals surface area contributed by atoms with Gasteiger partial charge in [-0.3, -0.25) is 4.99 Å². The molecule has 0 amide bonds. The van der Waals surface area contributed by atoms with Crippen molar-refractivity contribution in [3.63, 3.8) is 0 Å². The van der Waals surface area contributed by atoms with Crippen LogP contribution in [-0.4, -0.2) is 57.7 Å². The molecule has 23 heavy (non-hydrogen) atoms. The van der Waals surface area contributed by atoms with Crippen LogP contribution in [0.25, 0.3) is 0 Å². The molecule has 0 aromatic heterocycles. The van der Waals surface area contributed by atoms with Gasteiger partial charge in [-0.05, 0) is 25.1 Å². The average molecular weight is 320 g/mol. The zero-order chi connectivity index (χ0) is 16.9. The summed E-state index contributed by atoms with van der Waals surface area (Å²) in [5, 5.41) is 6.68. The summed E-state index contributed by atoms with van der Waals surface area (Å²) >= 11 is 0. The molecule has 1 rings (SSSR count). The molecular formula is C18H32N4O. The van der Waals surface area contributed by atoms with E-state index in [0.29, 0.717) is 12.5 Å². The molecular weight excluding hydrogens is 288 g/mol. The van der Waals surface area contributed by atoms with Gasteiger partial charge in [-0.2, -0.15) is 0 Å². The van der Waals surface area contributed by atoms with Crippen molar-refractivity contribution in [2.24, 2.45) is 10.9 Å². The van der Waals surface area contributed by atoms with Crippen LogP contribution in [-0.2, 0) is 11.3 Å². The zero-order valence-electron chi connectivity index (χ0n) is 15.0. The number of benzene rings is 1. The lowest BCUT2D eigenvalue weighted by atomic mass is 10.2. The Bertz CT molecular complexity index is 436. The Balaban J connectivity index is 2.14. The maximum absolute atomic E-state index is 5.77. The van der Waals surface area contributed by atoms with Gasteiger partial charge in [-0.15, -0.1) is 0 Å². The minimum absolute atomic E-state index is 0.426. The van der Waals surface area contributed by atoms with E-state index in [1.807, 2.05) is 18.2 Å². The molecule has 0 bridgehead atoms. The second kappa shape index (κ2) is 11.9. The summed E-state index contributed by atoms with van der Waals surface area (Å²) in [6.07, 6.45) is 0. The molecule has 5 heteroatoms. The number of nitrogens with zero attached hydrogens (tertiary/aromatic N) is 2. The highest BCUT2D eigenvalue weighted by molar-refractivity contribution is 5.79. The van der Waals surface area contributed by atoms with E-state index in [0.717, 1.165) is 38.7 Å². The van der Waals surface area contributed by atoms with Gasteiger partial charge in [0.1, 0.15) is 0 Å². The van der Waals surface area contributed by atoms with E-state index in [-0.39, 0.29) is 0 Å². The number of nitrogens with one attached hydrogen (secondary N) is 2. The molecule has 0 radical (unpaired) electrons. The topological polar surface area (TPSA) is 48.9 Å². The maximum Gasteiger partial charge on any atom is 0.191 e. The van der Waals surface area contributed by atoms with Crippen molar-refractivity contribution >= 4 is 5.96 Å². The molecule has 1 aromatic rings. The first-order valence-corrected chi connectivity index (χ1v) is 8.40. The fraction of sp³-hybridized carbons (Fsp3) is 0.611. The van der Waals surface area contributed by atoms with Gasteiger partial charge in [0.2, 0.25) is 0 Å². The Morgan fingerprint density at radius 3 is 2.65 bits per heavy atom. The molecule has 1 aromatic carbocycles. The third-order valence-electron chi connectivity index (χ3n) is 3.68. The standard InChI is InChI=1S/C18H32N4O/c1-5-22(4)12-11-20-18(19-3)21-13-16(2)14-23-15-17-9-7-6-8-10-17/h6-10,16H,5,11-15H2,1-4H3,(H2,19,20,21). The SMILES string of the molecule is CCN(C)CCNC(=NC)NCC(C)COCc1ccccc1. The maximum atomic E-state index is 5.77. The summed E-state index contributed by atoms with van der Waals surface area (Å²) in [6.45, 7) is 9.54. The molecule has 0 saturated heterocycles. The molecule has 1 atom stereocenters. The van der Waals surface area contributed by atoms with Crippen LogP contribution in [0.2, 0.25) is 0 Å². The Kier molecular flexibility index (Phi) is 10.1. The number of ether oxygens (including phenoxy) is 1. The van der Waals surface area contributed by atoms with Crippen LogP contribution in [0.3, 0.4) is 0 Å². The highest BCUT2D eigenvalue weighted by atomic mass is 16.5. The second-order valence-electron chi connectivity index (χ2n) is 5.88. The van der Waals surface area contributed by atoms with Crippen LogP contribution in [0.5, 0.6) is 0 Å². The predicted octanol–water partition coefficient (Wildman–Crippen LogP) is 1.96. The summed E-state index contributed by atoms with van der Waals surface area (Å²) in [6, 6.07) is 10.3. The van der Waals surface area contributed by atoms with Gasteiger partial charge in [-0.25, -0.2) is 0 Å². The van der Waals surface area contributed by atoms with Crippen molar-refractivity contribution in [1.29, 1.82) is 0 Å². The monoisotopic (exact) mass is 320 g/mol. The largest absolute Gasteiger partial charge is 0.376 e. The van der Waals surface area contributed by atoms with E-state index in [9.17, 15) is 0 Å². The van der Waals surface area contributed by atoms with Crippen molar-refractivity contribution in [2.45, 2.75) is 20.5 Å². The predicted molar refractivity (Wildman–Crippen MR) is 97.8 cm³/mol. The van der Waals surface area contributed by atoms with Crippen molar-refractivity contribution in [2.75, 3.05) is 46.9 Å². The Hall–Kier alpha value is -1.59. The van der Waals surface area contributed by atoms with E-state index >= 15 is 0 Å². The number of hydrogen-bond donors (Lipinski definition) is 2. The molecule has 5 nitrogen and oxygen atoms in total.